The van der Waals surface area contributed by atoms with Gasteiger partial charge in [-0.3, -0.25) is 9.36 Å². The molecule has 1 aromatic carbocycles. The third kappa shape index (κ3) is 3.65. The van der Waals surface area contributed by atoms with Crippen molar-refractivity contribution in [1.29, 1.82) is 0 Å². The summed E-state index contributed by atoms with van der Waals surface area (Å²) in [6.07, 6.45) is 7.49. The largest absolute Gasteiger partial charge is 0.341 e. The molecule has 1 saturated carbocycles. The van der Waals surface area contributed by atoms with E-state index in [2.05, 4.69) is 50.9 Å². The molecule has 1 aromatic heterocycles. The number of anilines is 1. The van der Waals surface area contributed by atoms with Crippen LogP contribution in [-0.4, -0.2) is 38.9 Å². The molecule has 0 amide bonds. The van der Waals surface area contributed by atoms with Crippen molar-refractivity contribution in [3.05, 3.63) is 29.8 Å². The van der Waals surface area contributed by atoms with Crippen LogP contribution in [0.4, 0.5) is 5.95 Å². The van der Waals surface area contributed by atoms with Crippen LogP contribution >= 0.6 is 11.8 Å². The van der Waals surface area contributed by atoms with Gasteiger partial charge in [0.1, 0.15) is 5.78 Å². The maximum atomic E-state index is 12.3. The molecule has 0 spiro atoms. The van der Waals surface area contributed by atoms with Gasteiger partial charge in [0.2, 0.25) is 5.95 Å². The number of aromatic nitrogens is 3. The van der Waals surface area contributed by atoms with Crippen molar-refractivity contribution in [2.75, 3.05) is 18.0 Å². The Hall–Kier alpha value is -1.82. The van der Waals surface area contributed by atoms with Crippen LogP contribution in [0.1, 0.15) is 50.5 Å². The Morgan fingerprint density at radius 2 is 1.77 bits per heavy atom. The average molecular weight is 371 g/mol. The summed E-state index contributed by atoms with van der Waals surface area (Å²) in [5.74, 6) is 1.28. The van der Waals surface area contributed by atoms with Gasteiger partial charge in [-0.05, 0) is 51.2 Å². The number of nitrogens with zero attached hydrogens (tertiary/aromatic N) is 4. The fourth-order valence-corrected chi connectivity index (χ4v) is 4.93. The van der Waals surface area contributed by atoms with E-state index in [1.165, 1.54) is 24.8 Å². The summed E-state index contributed by atoms with van der Waals surface area (Å²) in [6, 6.07) is 8.49. The Balaban J connectivity index is 1.69. The Morgan fingerprint density at radius 1 is 1.00 bits per heavy atom. The van der Waals surface area contributed by atoms with Gasteiger partial charge in [0, 0.05) is 19.5 Å². The summed E-state index contributed by atoms with van der Waals surface area (Å²) in [6.45, 7) is 4.14. The standard InChI is InChI=1S/C20H26N4OS/c1-15-9-11-16(12-10-15)24-19(23-13-5-2-6-14-23)21-22-20(24)26-18-8-4-3-7-17(18)25/h9-12,18H,2-8,13-14H2,1H3. The second-order valence-corrected chi connectivity index (χ2v) is 8.49. The van der Waals surface area contributed by atoms with Gasteiger partial charge in [-0.15, -0.1) is 10.2 Å². The van der Waals surface area contributed by atoms with Gasteiger partial charge in [0.15, 0.2) is 5.16 Å². The highest BCUT2D eigenvalue weighted by Gasteiger charge is 2.28. The van der Waals surface area contributed by atoms with E-state index in [1.807, 2.05) is 0 Å². The number of aryl methyl sites for hydroxylation is 1. The first-order valence-corrected chi connectivity index (χ1v) is 10.6. The van der Waals surface area contributed by atoms with E-state index in [4.69, 9.17) is 0 Å². The minimum atomic E-state index is 0.0198. The molecule has 1 unspecified atom stereocenters. The van der Waals surface area contributed by atoms with Gasteiger partial charge in [0.05, 0.1) is 10.9 Å². The van der Waals surface area contributed by atoms with Gasteiger partial charge in [0.25, 0.3) is 0 Å². The smallest absolute Gasteiger partial charge is 0.232 e. The van der Waals surface area contributed by atoms with Crippen LogP contribution in [0.25, 0.3) is 5.69 Å². The SMILES string of the molecule is Cc1ccc(-n2c(SC3CCCCC3=O)nnc2N2CCCCC2)cc1. The van der Waals surface area contributed by atoms with Crippen LogP contribution in [0.2, 0.25) is 0 Å². The Bertz CT molecular complexity index is 765. The van der Waals surface area contributed by atoms with Crippen molar-refractivity contribution in [1.82, 2.24) is 14.8 Å². The zero-order valence-electron chi connectivity index (χ0n) is 15.4. The van der Waals surface area contributed by atoms with E-state index in [9.17, 15) is 4.79 Å². The monoisotopic (exact) mass is 370 g/mol. The first-order valence-electron chi connectivity index (χ1n) is 9.69. The molecular formula is C20H26N4OS. The van der Waals surface area contributed by atoms with Crippen LogP contribution in [0.15, 0.2) is 29.4 Å². The topological polar surface area (TPSA) is 51.0 Å². The molecule has 6 heteroatoms. The third-order valence-electron chi connectivity index (χ3n) is 5.29. The first kappa shape index (κ1) is 17.6. The second-order valence-electron chi connectivity index (χ2n) is 7.32. The molecule has 2 aromatic rings. The lowest BCUT2D eigenvalue weighted by atomic mass is 9.99. The van der Waals surface area contributed by atoms with Crippen molar-refractivity contribution in [2.45, 2.75) is 62.3 Å². The molecule has 4 rings (SSSR count). The molecule has 0 N–H and O–H groups in total. The summed E-state index contributed by atoms with van der Waals surface area (Å²) in [5.41, 5.74) is 2.31. The highest BCUT2D eigenvalue weighted by molar-refractivity contribution is 8.00. The fourth-order valence-electron chi connectivity index (χ4n) is 3.76. The minimum absolute atomic E-state index is 0.0198. The summed E-state index contributed by atoms with van der Waals surface area (Å²) in [4.78, 5) is 14.6. The number of Topliss-reactive ketones (excluding diaryl/α,β-unsaturated/α-hetero) is 1. The molecule has 0 radical (unpaired) electrons. The molecule has 5 nitrogen and oxygen atoms in total. The van der Waals surface area contributed by atoms with E-state index >= 15 is 0 Å². The van der Waals surface area contributed by atoms with E-state index < -0.39 is 0 Å². The number of rotatable bonds is 4. The number of benzene rings is 1. The Labute approximate surface area is 159 Å². The predicted molar refractivity (Wildman–Crippen MR) is 105 cm³/mol. The van der Waals surface area contributed by atoms with Gasteiger partial charge in [-0.1, -0.05) is 35.9 Å². The average Bonchev–Trinajstić information content (AvgIpc) is 3.09. The lowest BCUT2D eigenvalue weighted by molar-refractivity contribution is -0.119. The first-order chi connectivity index (χ1) is 12.7. The van der Waals surface area contributed by atoms with E-state index in [1.54, 1.807) is 11.8 Å². The number of carbonyl (C=O) groups excluding carboxylic acids is 1. The quantitative estimate of drug-likeness (QED) is 0.808. The Morgan fingerprint density at radius 3 is 2.50 bits per heavy atom. The van der Waals surface area contributed by atoms with Crippen LogP contribution in [0.5, 0.6) is 0 Å². The van der Waals surface area contributed by atoms with Crippen molar-refractivity contribution in [3.8, 4) is 5.69 Å². The summed E-state index contributed by atoms with van der Waals surface area (Å²) >= 11 is 1.60. The van der Waals surface area contributed by atoms with E-state index in [-0.39, 0.29) is 5.25 Å². The number of piperidine rings is 1. The summed E-state index contributed by atoms with van der Waals surface area (Å²) in [5, 5.41) is 9.90. The second kappa shape index (κ2) is 7.82. The van der Waals surface area contributed by atoms with Gasteiger partial charge in [-0.2, -0.15) is 0 Å². The van der Waals surface area contributed by atoms with Gasteiger partial charge in [-0.25, -0.2) is 0 Å². The lowest BCUT2D eigenvalue weighted by Gasteiger charge is -2.28. The summed E-state index contributed by atoms with van der Waals surface area (Å²) < 4.78 is 2.15. The molecule has 1 saturated heterocycles. The normalized spacial score (nSPS) is 21.2. The molecule has 1 aliphatic carbocycles. The van der Waals surface area contributed by atoms with Gasteiger partial charge < -0.3 is 4.90 Å². The van der Waals surface area contributed by atoms with Crippen molar-refractivity contribution in [3.63, 3.8) is 0 Å². The van der Waals surface area contributed by atoms with Crippen LogP contribution in [0.3, 0.4) is 0 Å². The number of carbonyl (C=O) groups is 1. The minimum Gasteiger partial charge on any atom is -0.341 e. The molecular weight excluding hydrogens is 344 g/mol. The van der Waals surface area contributed by atoms with Crippen LogP contribution in [-0.2, 0) is 4.79 Å². The number of hydrogen-bond acceptors (Lipinski definition) is 5. The zero-order valence-corrected chi connectivity index (χ0v) is 16.2. The fraction of sp³-hybridized carbons (Fsp3) is 0.550. The van der Waals surface area contributed by atoms with Crippen molar-refractivity contribution < 1.29 is 4.79 Å². The Kier molecular flexibility index (Phi) is 5.29. The third-order valence-corrected chi connectivity index (χ3v) is 6.55. The van der Waals surface area contributed by atoms with Gasteiger partial charge >= 0.3 is 0 Å². The van der Waals surface area contributed by atoms with Crippen molar-refractivity contribution in [2.24, 2.45) is 0 Å². The molecule has 26 heavy (non-hydrogen) atoms. The van der Waals surface area contributed by atoms with Crippen LogP contribution < -0.4 is 4.90 Å². The zero-order chi connectivity index (χ0) is 17.9. The van der Waals surface area contributed by atoms with Crippen LogP contribution in [0, 0.1) is 6.92 Å². The van der Waals surface area contributed by atoms with E-state index in [0.29, 0.717) is 12.2 Å². The molecule has 1 atom stereocenters. The number of ketones is 1. The highest BCUT2D eigenvalue weighted by Crippen LogP contribution is 2.34. The molecule has 138 valence electrons. The molecule has 0 bridgehead atoms. The molecule has 1 aliphatic heterocycles. The molecule has 2 fully saturated rings. The lowest BCUT2D eigenvalue weighted by Crippen LogP contribution is -2.31. The summed E-state index contributed by atoms with van der Waals surface area (Å²) in [7, 11) is 0. The van der Waals surface area contributed by atoms with E-state index in [0.717, 1.165) is 49.1 Å². The number of thioether (sulfide) groups is 1. The molecule has 2 heterocycles. The highest BCUT2D eigenvalue weighted by atomic mass is 32.2. The van der Waals surface area contributed by atoms with Crippen molar-refractivity contribution >= 4 is 23.5 Å². The number of hydrogen-bond donors (Lipinski definition) is 0. The predicted octanol–water partition coefficient (Wildman–Crippen LogP) is 4.17. The molecule has 2 aliphatic rings. The maximum Gasteiger partial charge on any atom is 0.232 e. The maximum absolute atomic E-state index is 12.3.